The number of likely N-dealkylation sites (tertiary alicyclic amines) is 1. The number of fused-ring (bicyclic) bond motifs is 2. The Kier molecular flexibility index (Phi) is 7.07. The quantitative estimate of drug-likeness (QED) is 0.489. The predicted octanol–water partition coefficient (Wildman–Crippen LogP) is 6.05. The first-order valence-corrected chi connectivity index (χ1v) is 12.5. The summed E-state index contributed by atoms with van der Waals surface area (Å²) in [4.78, 5) is 14.2. The molecule has 0 atom stereocenters. The number of piperidine rings is 1. The Bertz CT molecular complexity index is 974. The molecule has 1 fully saturated rings. The lowest BCUT2D eigenvalue weighted by atomic mass is 9.74. The van der Waals surface area contributed by atoms with Crippen molar-refractivity contribution < 1.29 is 14.6 Å². The van der Waals surface area contributed by atoms with E-state index in [0.29, 0.717) is 23.9 Å². The third-order valence-electron chi connectivity index (χ3n) is 6.51. The lowest BCUT2D eigenvalue weighted by Gasteiger charge is -2.38. The summed E-state index contributed by atoms with van der Waals surface area (Å²) >= 11 is 14.7. The van der Waals surface area contributed by atoms with Gasteiger partial charge in [0.2, 0.25) is 0 Å². The van der Waals surface area contributed by atoms with Gasteiger partial charge in [-0.15, -0.1) is 11.8 Å². The number of ether oxygens (including phenoxy) is 1. The second-order valence-corrected chi connectivity index (χ2v) is 10.2. The summed E-state index contributed by atoms with van der Waals surface area (Å²) in [7, 11) is 0. The number of carbonyl (C=O) groups is 1. The smallest absolute Gasteiger partial charge is 0.304 e. The average Bonchev–Trinajstić information content (AvgIpc) is 3.11. The highest BCUT2D eigenvalue weighted by atomic mass is 35.5. The molecule has 0 amide bonds. The number of hydrogen-bond donors (Lipinski definition) is 1. The van der Waals surface area contributed by atoms with Gasteiger partial charge in [-0.1, -0.05) is 42.3 Å². The van der Waals surface area contributed by atoms with E-state index < -0.39 is 5.97 Å². The molecular formula is C24H27Cl2NO3S. The molecule has 31 heavy (non-hydrogen) atoms. The van der Waals surface area contributed by atoms with Gasteiger partial charge in [0.15, 0.2) is 0 Å². The number of aliphatic carboxylic acids is 1. The molecule has 2 aromatic carbocycles. The van der Waals surface area contributed by atoms with Gasteiger partial charge in [0.1, 0.15) is 5.75 Å². The maximum absolute atomic E-state index is 10.8. The van der Waals surface area contributed by atoms with Crippen molar-refractivity contribution >= 4 is 40.9 Å². The Morgan fingerprint density at radius 2 is 2.00 bits per heavy atom. The Morgan fingerprint density at radius 1 is 1.23 bits per heavy atom. The van der Waals surface area contributed by atoms with Crippen molar-refractivity contribution in [2.75, 3.05) is 26.2 Å². The SMILES string of the molecule is CCc1ccc(Cl)c(CSc2ccc3c(c2)OCC32CCN(CCC(=O)O)CC2)c1Cl. The topological polar surface area (TPSA) is 49.8 Å². The summed E-state index contributed by atoms with van der Waals surface area (Å²) in [6.45, 7) is 5.25. The minimum absolute atomic E-state index is 0.0559. The molecule has 7 heteroatoms. The van der Waals surface area contributed by atoms with Crippen molar-refractivity contribution in [1.29, 1.82) is 0 Å². The summed E-state index contributed by atoms with van der Waals surface area (Å²) in [5.74, 6) is 0.959. The maximum atomic E-state index is 10.8. The molecule has 0 radical (unpaired) electrons. The number of benzene rings is 2. The number of carboxylic acids is 1. The van der Waals surface area contributed by atoms with Crippen LogP contribution in [0.4, 0.5) is 0 Å². The largest absolute Gasteiger partial charge is 0.492 e. The minimum Gasteiger partial charge on any atom is -0.492 e. The minimum atomic E-state index is -0.733. The lowest BCUT2D eigenvalue weighted by molar-refractivity contribution is -0.137. The number of hydrogen-bond acceptors (Lipinski definition) is 4. The second kappa shape index (κ2) is 9.62. The van der Waals surface area contributed by atoms with E-state index in [1.54, 1.807) is 11.8 Å². The molecule has 2 heterocycles. The van der Waals surface area contributed by atoms with Gasteiger partial charge >= 0.3 is 5.97 Å². The highest BCUT2D eigenvalue weighted by Crippen LogP contribution is 2.47. The van der Waals surface area contributed by atoms with Crippen LogP contribution < -0.4 is 4.74 Å². The Hall–Kier alpha value is -1.40. The number of carboxylic acid groups (broad SMARTS) is 1. The van der Waals surface area contributed by atoms with Crippen LogP contribution in [0, 0.1) is 0 Å². The molecule has 4 rings (SSSR count). The zero-order chi connectivity index (χ0) is 22.0. The van der Waals surface area contributed by atoms with Gasteiger partial charge in [-0.3, -0.25) is 4.79 Å². The Morgan fingerprint density at radius 3 is 2.71 bits per heavy atom. The molecule has 2 aliphatic heterocycles. The molecule has 0 aromatic heterocycles. The van der Waals surface area contributed by atoms with E-state index in [-0.39, 0.29) is 11.8 Å². The van der Waals surface area contributed by atoms with Crippen LogP contribution in [0.5, 0.6) is 5.75 Å². The van der Waals surface area contributed by atoms with E-state index in [2.05, 4.69) is 30.0 Å². The fraction of sp³-hybridized carbons (Fsp3) is 0.458. The average molecular weight is 480 g/mol. The standard InChI is InChI=1S/C24H27Cl2NO3S/c1-2-16-3-6-20(25)18(23(16)26)14-31-17-4-5-19-21(13-17)30-15-24(19)8-11-27(12-9-24)10-7-22(28)29/h3-6,13H,2,7-12,14-15H2,1H3,(H,28,29). The first-order chi connectivity index (χ1) is 14.9. The van der Waals surface area contributed by atoms with Crippen LogP contribution in [0.3, 0.4) is 0 Å². The van der Waals surface area contributed by atoms with E-state index in [1.165, 1.54) is 5.56 Å². The van der Waals surface area contributed by atoms with Crippen molar-refractivity contribution in [2.24, 2.45) is 0 Å². The van der Waals surface area contributed by atoms with Crippen LogP contribution in [0.2, 0.25) is 10.0 Å². The molecule has 1 saturated heterocycles. The van der Waals surface area contributed by atoms with E-state index in [0.717, 1.165) is 59.1 Å². The van der Waals surface area contributed by atoms with E-state index in [4.69, 9.17) is 33.0 Å². The predicted molar refractivity (Wildman–Crippen MR) is 127 cm³/mol. The van der Waals surface area contributed by atoms with Gasteiger partial charge in [-0.05, 0) is 61.7 Å². The second-order valence-electron chi connectivity index (χ2n) is 8.35. The van der Waals surface area contributed by atoms with Gasteiger partial charge < -0.3 is 14.7 Å². The van der Waals surface area contributed by atoms with Crippen LogP contribution in [-0.2, 0) is 22.4 Å². The maximum Gasteiger partial charge on any atom is 0.304 e. The van der Waals surface area contributed by atoms with Gasteiger partial charge in [-0.25, -0.2) is 0 Å². The molecule has 0 saturated carbocycles. The van der Waals surface area contributed by atoms with Gasteiger partial charge in [0.25, 0.3) is 0 Å². The third-order valence-corrected chi connectivity index (χ3v) is 8.36. The fourth-order valence-electron chi connectivity index (χ4n) is 4.52. The summed E-state index contributed by atoms with van der Waals surface area (Å²) in [5.41, 5.74) is 3.45. The molecule has 0 unspecified atom stereocenters. The zero-order valence-electron chi connectivity index (χ0n) is 17.6. The summed E-state index contributed by atoms with van der Waals surface area (Å²) in [6, 6.07) is 10.4. The van der Waals surface area contributed by atoms with E-state index in [1.807, 2.05) is 12.1 Å². The Labute approximate surface area is 197 Å². The highest BCUT2D eigenvalue weighted by molar-refractivity contribution is 7.98. The summed E-state index contributed by atoms with van der Waals surface area (Å²) in [6.07, 6.45) is 3.09. The molecule has 0 bridgehead atoms. The molecule has 0 aliphatic carbocycles. The van der Waals surface area contributed by atoms with E-state index >= 15 is 0 Å². The molecule has 2 aliphatic rings. The lowest BCUT2D eigenvalue weighted by Crippen LogP contribution is -2.44. The Balaban J connectivity index is 1.42. The summed E-state index contributed by atoms with van der Waals surface area (Å²) < 4.78 is 6.12. The van der Waals surface area contributed by atoms with Crippen LogP contribution in [0.25, 0.3) is 0 Å². The monoisotopic (exact) mass is 479 g/mol. The van der Waals surface area contributed by atoms with Gasteiger partial charge in [0.05, 0.1) is 13.0 Å². The number of thioether (sulfide) groups is 1. The molecule has 166 valence electrons. The number of nitrogens with zero attached hydrogens (tertiary/aromatic N) is 1. The fourth-order valence-corrected chi connectivity index (χ4v) is 6.28. The molecule has 4 nitrogen and oxygen atoms in total. The van der Waals surface area contributed by atoms with Crippen LogP contribution in [0.1, 0.15) is 42.9 Å². The van der Waals surface area contributed by atoms with Crippen LogP contribution in [0.15, 0.2) is 35.2 Å². The first kappa shape index (κ1) is 22.8. The van der Waals surface area contributed by atoms with Crippen molar-refractivity contribution in [2.45, 2.75) is 48.7 Å². The van der Waals surface area contributed by atoms with Crippen molar-refractivity contribution in [1.82, 2.24) is 4.90 Å². The summed E-state index contributed by atoms with van der Waals surface area (Å²) in [5, 5.41) is 10.4. The van der Waals surface area contributed by atoms with Crippen molar-refractivity contribution in [3.8, 4) is 5.75 Å². The van der Waals surface area contributed by atoms with E-state index in [9.17, 15) is 4.79 Å². The van der Waals surface area contributed by atoms with Crippen molar-refractivity contribution in [3.63, 3.8) is 0 Å². The van der Waals surface area contributed by atoms with Crippen LogP contribution in [-0.4, -0.2) is 42.2 Å². The third kappa shape index (κ3) is 4.85. The first-order valence-electron chi connectivity index (χ1n) is 10.7. The molecule has 1 N–H and O–H groups in total. The normalized spacial score (nSPS) is 17.5. The van der Waals surface area contributed by atoms with Crippen molar-refractivity contribution in [3.05, 3.63) is 57.1 Å². The van der Waals surface area contributed by atoms with Crippen LogP contribution >= 0.6 is 35.0 Å². The number of aryl methyl sites for hydroxylation is 1. The zero-order valence-corrected chi connectivity index (χ0v) is 20.0. The van der Waals surface area contributed by atoms with Gasteiger partial charge in [-0.2, -0.15) is 0 Å². The number of halogens is 2. The molecule has 1 spiro atoms. The van der Waals surface area contributed by atoms with Gasteiger partial charge in [0, 0.05) is 38.2 Å². The molecular weight excluding hydrogens is 453 g/mol. The molecule has 2 aromatic rings. The number of rotatable bonds is 7. The highest BCUT2D eigenvalue weighted by Gasteiger charge is 2.43.